The van der Waals surface area contributed by atoms with Gasteiger partial charge in [-0.15, -0.1) is 0 Å². The Morgan fingerprint density at radius 1 is 1.40 bits per heavy atom. The topological polar surface area (TPSA) is 53.9 Å². The number of carbonyl (C=O) groups excluding carboxylic acids is 1. The Labute approximate surface area is 118 Å². The van der Waals surface area contributed by atoms with Crippen molar-refractivity contribution in [1.82, 2.24) is 10.4 Å². The van der Waals surface area contributed by atoms with Crippen LogP contribution in [0, 0.1) is 5.92 Å². The van der Waals surface area contributed by atoms with Crippen molar-refractivity contribution in [3.8, 4) is 0 Å². The molecule has 1 aromatic rings. The van der Waals surface area contributed by atoms with Crippen LogP contribution >= 0.6 is 0 Å². The number of rotatable bonds is 3. The summed E-state index contributed by atoms with van der Waals surface area (Å²) in [5.74, 6) is 0.349. The molecule has 5 nitrogen and oxygen atoms in total. The first kappa shape index (κ1) is 13.4. The monoisotopic (exact) mass is 276 g/mol. The van der Waals surface area contributed by atoms with Gasteiger partial charge in [-0.2, -0.15) is 5.06 Å². The average Bonchev–Trinajstić information content (AvgIpc) is 3.17. The largest absolute Gasteiger partial charge is 0.375 e. The maximum atomic E-state index is 12.0. The molecule has 108 valence electrons. The van der Waals surface area contributed by atoms with Gasteiger partial charge in [0.25, 0.3) is 0 Å². The molecule has 20 heavy (non-hydrogen) atoms. The van der Waals surface area contributed by atoms with Crippen molar-refractivity contribution in [3.63, 3.8) is 0 Å². The first-order valence-corrected chi connectivity index (χ1v) is 7.01. The van der Waals surface area contributed by atoms with E-state index in [-0.39, 0.29) is 17.9 Å². The SMILES string of the molecule is CC1(C)OCCC1CNC(=O)N1OC1c1ccccc1. The number of nitrogens with zero attached hydrogens (tertiary/aromatic N) is 1. The molecule has 2 saturated heterocycles. The minimum Gasteiger partial charge on any atom is -0.375 e. The van der Waals surface area contributed by atoms with Gasteiger partial charge in [0, 0.05) is 24.6 Å². The van der Waals surface area contributed by atoms with Gasteiger partial charge in [-0.25, -0.2) is 9.63 Å². The second-order valence-corrected chi connectivity index (χ2v) is 5.82. The summed E-state index contributed by atoms with van der Waals surface area (Å²) in [6.45, 7) is 5.52. The molecule has 2 unspecified atom stereocenters. The molecule has 2 heterocycles. The van der Waals surface area contributed by atoms with Crippen molar-refractivity contribution in [3.05, 3.63) is 35.9 Å². The van der Waals surface area contributed by atoms with Gasteiger partial charge in [0.2, 0.25) is 6.23 Å². The highest BCUT2D eigenvalue weighted by molar-refractivity contribution is 5.75. The molecule has 1 aromatic carbocycles. The third-order valence-corrected chi connectivity index (χ3v) is 4.09. The first-order valence-electron chi connectivity index (χ1n) is 7.01. The summed E-state index contributed by atoms with van der Waals surface area (Å²) in [4.78, 5) is 17.3. The van der Waals surface area contributed by atoms with Crippen LogP contribution in [-0.2, 0) is 9.57 Å². The van der Waals surface area contributed by atoms with Crippen LogP contribution in [0.5, 0.6) is 0 Å². The van der Waals surface area contributed by atoms with Gasteiger partial charge in [0.05, 0.1) is 5.60 Å². The lowest BCUT2D eigenvalue weighted by atomic mass is 9.91. The summed E-state index contributed by atoms with van der Waals surface area (Å²) in [5, 5.41) is 4.30. The summed E-state index contributed by atoms with van der Waals surface area (Å²) in [6, 6.07) is 9.54. The second kappa shape index (κ2) is 5.07. The Bertz CT molecular complexity index is 489. The predicted molar refractivity (Wildman–Crippen MR) is 73.6 cm³/mol. The van der Waals surface area contributed by atoms with E-state index < -0.39 is 0 Å². The van der Waals surface area contributed by atoms with Gasteiger partial charge >= 0.3 is 6.03 Å². The average molecular weight is 276 g/mol. The van der Waals surface area contributed by atoms with E-state index in [4.69, 9.17) is 9.57 Å². The van der Waals surface area contributed by atoms with Gasteiger partial charge in [-0.05, 0) is 20.3 Å². The number of benzene rings is 1. The van der Waals surface area contributed by atoms with Crippen molar-refractivity contribution < 1.29 is 14.4 Å². The third-order valence-electron chi connectivity index (χ3n) is 4.09. The Morgan fingerprint density at radius 2 is 2.15 bits per heavy atom. The summed E-state index contributed by atoms with van der Waals surface area (Å²) in [6.07, 6.45) is 0.736. The molecule has 0 aliphatic carbocycles. The predicted octanol–water partition coefficient (Wildman–Crippen LogP) is 2.46. The zero-order valence-corrected chi connectivity index (χ0v) is 11.8. The number of ether oxygens (including phenoxy) is 1. The van der Waals surface area contributed by atoms with Crippen LogP contribution in [0.15, 0.2) is 30.3 Å². The molecule has 2 aliphatic heterocycles. The minimum absolute atomic E-state index is 0.161. The van der Waals surface area contributed by atoms with Crippen LogP contribution in [0.3, 0.4) is 0 Å². The van der Waals surface area contributed by atoms with E-state index in [2.05, 4.69) is 19.2 Å². The van der Waals surface area contributed by atoms with Crippen molar-refractivity contribution in [2.75, 3.05) is 13.2 Å². The molecule has 1 N–H and O–H groups in total. The summed E-state index contributed by atoms with van der Waals surface area (Å²) < 4.78 is 5.66. The van der Waals surface area contributed by atoms with Gasteiger partial charge in [0.15, 0.2) is 0 Å². The second-order valence-electron chi connectivity index (χ2n) is 5.82. The molecular formula is C15H20N2O3. The van der Waals surface area contributed by atoms with E-state index >= 15 is 0 Å². The standard InChI is InChI=1S/C15H20N2O3/c1-15(2)12(8-9-19-15)10-16-14(18)17-13(20-17)11-6-4-3-5-7-11/h3-7,12-13H,8-10H2,1-2H3,(H,16,18). The zero-order valence-electron chi connectivity index (χ0n) is 11.8. The van der Waals surface area contributed by atoms with E-state index in [1.54, 1.807) is 0 Å². The molecule has 2 fully saturated rings. The Balaban J connectivity index is 1.50. The Kier molecular flexibility index (Phi) is 3.40. The first-order chi connectivity index (χ1) is 9.58. The fourth-order valence-corrected chi connectivity index (χ4v) is 2.61. The van der Waals surface area contributed by atoms with Gasteiger partial charge < -0.3 is 10.1 Å². The zero-order chi connectivity index (χ0) is 14.2. The van der Waals surface area contributed by atoms with E-state index in [1.165, 1.54) is 5.06 Å². The lowest BCUT2D eigenvalue weighted by molar-refractivity contribution is 0.0117. The maximum absolute atomic E-state index is 12.0. The highest BCUT2D eigenvalue weighted by Crippen LogP contribution is 2.37. The summed E-state index contributed by atoms with van der Waals surface area (Å²) in [5.41, 5.74) is 0.832. The molecular weight excluding hydrogens is 256 g/mol. The number of urea groups is 1. The van der Waals surface area contributed by atoms with Gasteiger partial charge in [0.1, 0.15) is 0 Å². The molecule has 0 radical (unpaired) electrons. The number of carbonyl (C=O) groups is 1. The van der Waals surface area contributed by atoms with Gasteiger partial charge in [-0.3, -0.25) is 0 Å². The normalized spacial score (nSPS) is 27.4. The number of amides is 2. The molecule has 5 heteroatoms. The van der Waals surface area contributed by atoms with E-state index in [0.29, 0.717) is 12.5 Å². The van der Waals surface area contributed by atoms with Crippen LogP contribution in [-0.4, -0.2) is 29.8 Å². The molecule has 0 spiro atoms. The number of hydrogen-bond acceptors (Lipinski definition) is 3. The van der Waals surface area contributed by atoms with Crippen LogP contribution in [0.4, 0.5) is 4.79 Å². The van der Waals surface area contributed by atoms with Crippen molar-refractivity contribution >= 4 is 6.03 Å². The fraction of sp³-hybridized carbons (Fsp3) is 0.533. The highest BCUT2D eigenvalue weighted by atomic mass is 16.8. The van der Waals surface area contributed by atoms with Crippen LogP contribution in [0.1, 0.15) is 32.1 Å². The molecule has 2 atom stereocenters. The van der Waals surface area contributed by atoms with Gasteiger partial charge in [-0.1, -0.05) is 30.3 Å². The molecule has 2 amide bonds. The molecule has 0 bridgehead atoms. The molecule has 2 aliphatic rings. The summed E-state index contributed by atoms with van der Waals surface area (Å²) in [7, 11) is 0. The van der Waals surface area contributed by atoms with Crippen LogP contribution < -0.4 is 5.32 Å². The quantitative estimate of drug-likeness (QED) is 0.863. The van der Waals surface area contributed by atoms with Crippen molar-refractivity contribution in [2.45, 2.75) is 32.1 Å². The minimum atomic E-state index is -0.246. The smallest absolute Gasteiger partial charge is 0.344 e. The fourth-order valence-electron chi connectivity index (χ4n) is 2.61. The number of hydrogen-bond donors (Lipinski definition) is 1. The number of hydroxylamine groups is 2. The van der Waals surface area contributed by atoms with Crippen molar-refractivity contribution in [1.29, 1.82) is 0 Å². The van der Waals surface area contributed by atoms with Crippen LogP contribution in [0.2, 0.25) is 0 Å². The molecule has 0 aromatic heterocycles. The summed E-state index contributed by atoms with van der Waals surface area (Å²) >= 11 is 0. The molecule has 3 rings (SSSR count). The lowest BCUT2D eigenvalue weighted by Gasteiger charge is -2.25. The molecule has 0 saturated carbocycles. The van der Waals surface area contributed by atoms with E-state index in [0.717, 1.165) is 18.6 Å². The highest BCUT2D eigenvalue weighted by Gasteiger charge is 2.43. The Hall–Kier alpha value is -1.59. The van der Waals surface area contributed by atoms with E-state index in [9.17, 15) is 4.79 Å². The maximum Gasteiger partial charge on any atom is 0.344 e. The van der Waals surface area contributed by atoms with E-state index in [1.807, 2.05) is 30.3 Å². The number of nitrogens with one attached hydrogen (secondary N) is 1. The van der Waals surface area contributed by atoms with Crippen LogP contribution in [0.25, 0.3) is 0 Å². The van der Waals surface area contributed by atoms with Crippen molar-refractivity contribution in [2.24, 2.45) is 5.92 Å². The Morgan fingerprint density at radius 3 is 2.80 bits per heavy atom. The third kappa shape index (κ3) is 2.64. The lowest BCUT2D eigenvalue weighted by Crippen LogP contribution is -2.39.